The molecule has 0 aliphatic heterocycles. The highest BCUT2D eigenvalue weighted by Gasteiger charge is 2.13. The molecule has 2 N–H and O–H groups in total. The fraction of sp³-hybridized carbons (Fsp3) is 0.450. The maximum absolute atomic E-state index is 11.5. The number of aromatic nitrogens is 2. The van der Waals surface area contributed by atoms with Gasteiger partial charge in [-0.1, -0.05) is 37.8 Å². The summed E-state index contributed by atoms with van der Waals surface area (Å²) in [6.07, 6.45) is 7.63. The number of carbonyl (C=O) groups excluding carboxylic acids is 1. The smallest absolute Gasteiger partial charge is 0.229 e. The molecule has 1 aromatic carbocycles. The molecule has 1 aliphatic rings. The summed E-state index contributed by atoms with van der Waals surface area (Å²) in [5.74, 6) is 1.46. The van der Waals surface area contributed by atoms with E-state index in [2.05, 4.69) is 20.6 Å². The van der Waals surface area contributed by atoms with Crippen molar-refractivity contribution >= 4 is 23.2 Å². The molecule has 25 heavy (non-hydrogen) atoms. The minimum Gasteiger partial charge on any atom is -0.367 e. The predicted octanol–water partition coefficient (Wildman–Crippen LogP) is 4.87. The summed E-state index contributed by atoms with van der Waals surface area (Å²) < 4.78 is 0. The van der Waals surface area contributed by atoms with E-state index in [0.29, 0.717) is 17.6 Å². The highest BCUT2D eigenvalue weighted by molar-refractivity contribution is 5.95. The molecule has 5 heteroatoms. The average Bonchev–Trinajstić information content (AvgIpc) is 2.83. The molecule has 1 aliphatic carbocycles. The Morgan fingerprint density at radius 3 is 2.56 bits per heavy atom. The molecule has 0 spiro atoms. The summed E-state index contributed by atoms with van der Waals surface area (Å²) in [6.45, 7) is 3.54. The van der Waals surface area contributed by atoms with Gasteiger partial charge in [-0.2, -0.15) is 4.98 Å². The number of rotatable bonds is 5. The van der Waals surface area contributed by atoms with Gasteiger partial charge in [0.1, 0.15) is 5.82 Å². The van der Waals surface area contributed by atoms with Crippen LogP contribution in [0.5, 0.6) is 0 Å². The number of hydrogen-bond acceptors (Lipinski definition) is 5. The third-order valence-electron chi connectivity index (χ3n) is 4.59. The largest absolute Gasteiger partial charge is 0.367 e. The van der Waals surface area contributed by atoms with Gasteiger partial charge in [0.15, 0.2) is 5.78 Å². The van der Waals surface area contributed by atoms with Gasteiger partial charge >= 0.3 is 0 Å². The minimum absolute atomic E-state index is 0.0459. The molecule has 3 rings (SSSR count). The molecule has 0 amide bonds. The molecule has 0 saturated heterocycles. The highest BCUT2D eigenvalue weighted by atomic mass is 16.1. The number of carbonyl (C=O) groups is 1. The maximum atomic E-state index is 11.5. The van der Waals surface area contributed by atoms with Crippen molar-refractivity contribution in [2.75, 3.05) is 10.6 Å². The number of benzene rings is 1. The topological polar surface area (TPSA) is 66.9 Å². The van der Waals surface area contributed by atoms with Gasteiger partial charge < -0.3 is 10.6 Å². The lowest BCUT2D eigenvalue weighted by molar-refractivity contribution is 0.101. The first-order valence-electron chi connectivity index (χ1n) is 9.10. The summed E-state index contributed by atoms with van der Waals surface area (Å²) >= 11 is 0. The number of hydrogen-bond donors (Lipinski definition) is 2. The second-order valence-electron chi connectivity index (χ2n) is 6.81. The zero-order chi connectivity index (χ0) is 17.6. The van der Waals surface area contributed by atoms with Crippen molar-refractivity contribution in [1.29, 1.82) is 0 Å². The van der Waals surface area contributed by atoms with E-state index in [9.17, 15) is 4.79 Å². The molecule has 1 aromatic heterocycles. The second-order valence-corrected chi connectivity index (χ2v) is 6.81. The Labute approximate surface area is 149 Å². The van der Waals surface area contributed by atoms with Crippen LogP contribution in [-0.2, 0) is 0 Å². The summed E-state index contributed by atoms with van der Waals surface area (Å²) in [6, 6.07) is 9.89. The summed E-state index contributed by atoms with van der Waals surface area (Å²) in [7, 11) is 0. The van der Waals surface area contributed by atoms with Gasteiger partial charge in [-0.05, 0) is 38.8 Å². The first-order valence-corrected chi connectivity index (χ1v) is 9.10. The maximum Gasteiger partial charge on any atom is 0.229 e. The van der Waals surface area contributed by atoms with Crippen LogP contribution in [0.1, 0.15) is 61.5 Å². The van der Waals surface area contributed by atoms with E-state index < -0.39 is 0 Å². The number of anilines is 3. The van der Waals surface area contributed by atoms with Crippen LogP contribution in [0.25, 0.3) is 0 Å². The molecule has 0 radical (unpaired) electrons. The third-order valence-corrected chi connectivity index (χ3v) is 4.59. The van der Waals surface area contributed by atoms with Crippen molar-refractivity contribution in [3.63, 3.8) is 0 Å². The van der Waals surface area contributed by atoms with Crippen molar-refractivity contribution in [2.45, 2.75) is 58.4 Å². The van der Waals surface area contributed by atoms with Crippen molar-refractivity contribution in [3.05, 3.63) is 41.6 Å². The summed E-state index contributed by atoms with van der Waals surface area (Å²) in [5, 5.41) is 6.79. The van der Waals surface area contributed by atoms with Gasteiger partial charge in [0, 0.05) is 29.1 Å². The Balaban J connectivity index is 1.74. The van der Waals surface area contributed by atoms with Crippen LogP contribution in [0.3, 0.4) is 0 Å². The fourth-order valence-electron chi connectivity index (χ4n) is 3.28. The lowest BCUT2D eigenvalue weighted by Crippen LogP contribution is -2.19. The molecule has 132 valence electrons. The number of ketones is 1. The quantitative estimate of drug-likeness (QED) is 0.601. The Kier molecular flexibility index (Phi) is 5.64. The lowest BCUT2D eigenvalue weighted by Gasteiger charge is -2.18. The van der Waals surface area contributed by atoms with E-state index in [1.165, 1.54) is 38.5 Å². The van der Waals surface area contributed by atoms with Gasteiger partial charge in [0.25, 0.3) is 0 Å². The van der Waals surface area contributed by atoms with Crippen LogP contribution in [-0.4, -0.2) is 21.8 Å². The zero-order valence-electron chi connectivity index (χ0n) is 15.0. The van der Waals surface area contributed by atoms with Gasteiger partial charge in [0.2, 0.25) is 5.95 Å². The number of aryl methyl sites for hydroxylation is 1. The van der Waals surface area contributed by atoms with E-state index in [1.54, 1.807) is 6.92 Å². The van der Waals surface area contributed by atoms with Crippen LogP contribution >= 0.6 is 0 Å². The molecule has 1 fully saturated rings. The molecular formula is C20H26N4O. The third kappa shape index (κ3) is 5.02. The van der Waals surface area contributed by atoms with Crippen molar-refractivity contribution in [3.8, 4) is 0 Å². The molecule has 0 bridgehead atoms. The first kappa shape index (κ1) is 17.4. The van der Waals surface area contributed by atoms with E-state index in [-0.39, 0.29) is 5.78 Å². The van der Waals surface area contributed by atoms with Gasteiger partial charge in [-0.25, -0.2) is 4.98 Å². The van der Waals surface area contributed by atoms with Crippen LogP contribution in [0.4, 0.5) is 17.5 Å². The predicted molar refractivity (Wildman–Crippen MR) is 102 cm³/mol. The van der Waals surface area contributed by atoms with Gasteiger partial charge in [-0.15, -0.1) is 0 Å². The number of nitrogens with zero attached hydrogens (tertiary/aromatic N) is 2. The van der Waals surface area contributed by atoms with E-state index in [4.69, 9.17) is 0 Å². The second kappa shape index (κ2) is 8.10. The molecule has 0 unspecified atom stereocenters. The fourth-order valence-corrected chi connectivity index (χ4v) is 3.28. The Bertz CT molecular complexity index is 736. The van der Waals surface area contributed by atoms with Gasteiger partial charge in [-0.3, -0.25) is 4.79 Å². The van der Waals surface area contributed by atoms with Crippen molar-refractivity contribution in [1.82, 2.24) is 9.97 Å². The van der Waals surface area contributed by atoms with Crippen LogP contribution < -0.4 is 10.6 Å². The molecule has 0 atom stereocenters. The van der Waals surface area contributed by atoms with E-state index in [0.717, 1.165) is 17.2 Å². The first-order chi connectivity index (χ1) is 12.1. The van der Waals surface area contributed by atoms with Crippen molar-refractivity contribution in [2.24, 2.45) is 0 Å². The van der Waals surface area contributed by atoms with E-state index >= 15 is 0 Å². The Morgan fingerprint density at radius 1 is 1.08 bits per heavy atom. The molecule has 1 heterocycles. The van der Waals surface area contributed by atoms with Crippen LogP contribution in [0.15, 0.2) is 30.3 Å². The standard InChI is InChI=1S/C20H26N4O/c1-14-12-19(22-17-9-5-3-4-6-10-17)24-20(21-14)23-18-11-7-8-16(13-18)15(2)25/h7-8,11-13,17H,3-6,9-10H2,1-2H3,(H2,21,22,23,24). The highest BCUT2D eigenvalue weighted by Crippen LogP contribution is 2.22. The lowest BCUT2D eigenvalue weighted by atomic mass is 10.1. The Hall–Kier alpha value is -2.43. The SMILES string of the molecule is CC(=O)c1cccc(Nc2nc(C)cc(NC3CCCCCC3)n2)c1. The van der Waals surface area contributed by atoms with Gasteiger partial charge in [0.05, 0.1) is 0 Å². The number of nitrogens with one attached hydrogen (secondary N) is 2. The monoisotopic (exact) mass is 338 g/mol. The minimum atomic E-state index is 0.0459. The molecular weight excluding hydrogens is 312 g/mol. The zero-order valence-corrected chi connectivity index (χ0v) is 15.0. The van der Waals surface area contributed by atoms with Crippen LogP contribution in [0.2, 0.25) is 0 Å². The van der Waals surface area contributed by atoms with E-state index in [1.807, 2.05) is 37.3 Å². The normalized spacial score (nSPS) is 15.4. The molecule has 5 nitrogen and oxygen atoms in total. The molecule has 2 aromatic rings. The Morgan fingerprint density at radius 2 is 1.84 bits per heavy atom. The average molecular weight is 338 g/mol. The summed E-state index contributed by atoms with van der Waals surface area (Å²) in [4.78, 5) is 20.6. The summed E-state index contributed by atoms with van der Waals surface area (Å²) in [5.41, 5.74) is 2.41. The van der Waals surface area contributed by atoms with Crippen molar-refractivity contribution < 1.29 is 4.79 Å². The molecule has 1 saturated carbocycles. The van der Waals surface area contributed by atoms with Crippen LogP contribution in [0, 0.1) is 6.92 Å². The number of Topliss-reactive ketones (excluding diaryl/α,β-unsaturated/α-hetero) is 1.